The Morgan fingerprint density at radius 2 is 2.33 bits per heavy atom. The molecule has 82 valence electrons. The van der Waals surface area contributed by atoms with Gasteiger partial charge in [-0.15, -0.1) is 0 Å². The predicted molar refractivity (Wildman–Crippen MR) is 57.8 cm³/mol. The van der Waals surface area contributed by atoms with Crippen LogP contribution in [0.1, 0.15) is 12.0 Å². The summed E-state index contributed by atoms with van der Waals surface area (Å²) >= 11 is 5.70. The molecule has 1 fully saturated rings. The van der Waals surface area contributed by atoms with Crippen molar-refractivity contribution in [2.75, 3.05) is 13.1 Å². The summed E-state index contributed by atoms with van der Waals surface area (Å²) in [6.07, 6.45) is 1.92. The molecule has 4 heteroatoms. The Kier molecular flexibility index (Phi) is 3.12. The lowest BCUT2D eigenvalue weighted by Crippen LogP contribution is -2.10. The van der Waals surface area contributed by atoms with Crippen LogP contribution >= 0.6 is 11.6 Å². The van der Waals surface area contributed by atoms with Gasteiger partial charge in [-0.3, -0.25) is 0 Å². The van der Waals surface area contributed by atoms with Crippen LogP contribution in [-0.4, -0.2) is 18.2 Å². The molecule has 0 aromatic heterocycles. The normalized spacial score (nSPS) is 20.8. The molecule has 1 unspecified atom stereocenters. The molecule has 0 bridgehead atoms. The van der Waals surface area contributed by atoms with Gasteiger partial charge in [0.1, 0.15) is 0 Å². The summed E-state index contributed by atoms with van der Waals surface area (Å²) in [6, 6.07) is 3.00. The molecule has 0 amide bonds. The van der Waals surface area contributed by atoms with Crippen LogP contribution in [0.2, 0.25) is 5.02 Å². The summed E-state index contributed by atoms with van der Waals surface area (Å²) in [5, 5.41) is 12.5. The SMILES string of the molecule is Oc1c(F)cc(CC2CCNC2)cc1Cl. The topological polar surface area (TPSA) is 32.3 Å². The van der Waals surface area contributed by atoms with Crippen molar-refractivity contribution in [2.24, 2.45) is 5.92 Å². The molecule has 1 atom stereocenters. The van der Waals surface area contributed by atoms with Crippen LogP contribution in [0.15, 0.2) is 12.1 Å². The lowest BCUT2D eigenvalue weighted by Gasteiger charge is -2.09. The molecule has 0 aliphatic carbocycles. The number of hydrogen-bond acceptors (Lipinski definition) is 2. The summed E-state index contributed by atoms with van der Waals surface area (Å²) in [6.45, 7) is 2.00. The maximum atomic E-state index is 13.2. The van der Waals surface area contributed by atoms with Gasteiger partial charge in [0.2, 0.25) is 0 Å². The number of nitrogens with one attached hydrogen (secondary N) is 1. The number of hydrogen-bond donors (Lipinski definition) is 2. The smallest absolute Gasteiger partial charge is 0.170 e. The van der Waals surface area contributed by atoms with Crippen molar-refractivity contribution < 1.29 is 9.50 Å². The maximum absolute atomic E-state index is 13.2. The molecule has 1 aliphatic heterocycles. The first-order valence-electron chi connectivity index (χ1n) is 5.04. The molecule has 2 nitrogen and oxygen atoms in total. The molecule has 0 saturated carbocycles. The van der Waals surface area contributed by atoms with Crippen LogP contribution in [-0.2, 0) is 6.42 Å². The zero-order valence-corrected chi connectivity index (χ0v) is 9.02. The van der Waals surface area contributed by atoms with Gasteiger partial charge in [-0.2, -0.15) is 0 Å². The van der Waals surface area contributed by atoms with Crippen LogP contribution in [0.5, 0.6) is 5.75 Å². The van der Waals surface area contributed by atoms with Gasteiger partial charge in [0.05, 0.1) is 5.02 Å². The Hall–Kier alpha value is -0.800. The van der Waals surface area contributed by atoms with Crippen molar-refractivity contribution in [3.8, 4) is 5.75 Å². The van der Waals surface area contributed by atoms with Crippen LogP contribution in [0.3, 0.4) is 0 Å². The van der Waals surface area contributed by atoms with E-state index in [9.17, 15) is 9.50 Å². The molecule has 0 spiro atoms. The minimum absolute atomic E-state index is 0.0935. The molecule has 1 aromatic carbocycles. The third-order valence-electron chi connectivity index (χ3n) is 2.76. The largest absolute Gasteiger partial charge is 0.504 e. The Morgan fingerprint density at radius 3 is 2.93 bits per heavy atom. The first-order chi connectivity index (χ1) is 7.16. The molecule has 1 aliphatic rings. The Balaban J connectivity index is 2.14. The number of rotatable bonds is 2. The van der Waals surface area contributed by atoms with Gasteiger partial charge >= 0.3 is 0 Å². The van der Waals surface area contributed by atoms with Gasteiger partial charge in [0.25, 0.3) is 0 Å². The fraction of sp³-hybridized carbons (Fsp3) is 0.455. The van der Waals surface area contributed by atoms with E-state index in [0.29, 0.717) is 5.92 Å². The Labute approximate surface area is 93.1 Å². The lowest BCUT2D eigenvalue weighted by atomic mass is 9.98. The van der Waals surface area contributed by atoms with E-state index in [4.69, 9.17) is 11.6 Å². The van der Waals surface area contributed by atoms with E-state index >= 15 is 0 Å². The van der Waals surface area contributed by atoms with Crippen molar-refractivity contribution in [3.05, 3.63) is 28.5 Å². The third-order valence-corrected chi connectivity index (χ3v) is 3.05. The Morgan fingerprint density at radius 1 is 1.53 bits per heavy atom. The van der Waals surface area contributed by atoms with Gasteiger partial charge in [-0.25, -0.2) is 4.39 Å². The second-order valence-electron chi connectivity index (χ2n) is 3.97. The minimum Gasteiger partial charge on any atom is -0.504 e. The number of halogens is 2. The van der Waals surface area contributed by atoms with Gasteiger partial charge in [-0.1, -0.05) is 11.6 Å². The highest BCUT2D eigenvalue weighted by Crippen LogP contribution is 2.29. The standard InChI is InChI=1S/C11H13ClFNO/c12-9-4-8(5-10(13)11(9)15)3-7-1-2-14-6-7/h4-5,7,14-15H,1-3,6H2. The van der Waals surface area contributed by atoms with Crippen molar-refractivity contribution in [1.29, 1.82) is 0 Å². The van der Waals surface area contributed by atoms with E-state index in [1.165, 1.54) is 6.07 Å². The molecule has 1 saturated heterocycles. The number of phenols is 1. The second-order valence-corrected chi connectivity index (χ2v) is 4.38. The average molecular weight is 230 g/mol. The average Bonchev–Trinajstić information content (AvgIpc) is 2.66. The highest BCUT2D eigenvalue weighted by atomic mass is 35.5. The highest BCUT2D eigenvalue weighted by Gasteiger charge is 2.16. The molecule has 1 aromatic rings. The first-order valence-corrected chi connectivity index (χ1v) is 5.42. The highest BCUT2D eigenvalue weighted by molar-refractivity contribution is 6.32. The van der Waals surface area contributed by atoms with Gasteiger partial charge in [0, 0.05) is 0 Å². The number of aromatic hydroxyl groups is 1. The molecular weight excluding hydrogens is 217 g/mol. The maximum Gasteiger partial charge on any atom is 0.170 e. The zero-order valence-electron chi connectivity index (χ0n) is 8.26. The monoisotopic (exact) mass is 229 g/mol. The van der Waals surface area contributed by atoms with E-state index in [1.54, 1.807) is 6.07 Å². The van der Waals surface area contributed by atoms with Crippen LogP contribution in [0, 0.1) is 11.7 Å². The quantitative estimate of drug-likeness (QED) is 0.816. The zero-order chi connectivity index (χ0) is 10.8. The van der Waals surface area contributed by atoms with Gasteiger partial charge in [0.15, 0.2) is 11.6 Å². The first kappa shape index (κ1) is 10.7. The molecular formula is C11H13ClFNO. The van der Waals surface area contributed by atoms with E-state index in [0.717, 1.165) is 31.5 Å². The van der Waals surface area contributed by atoms with Crippen LogP contribution in [0.25, 0.3) is 0 Å². The van der Waals surface area contributed by atoms with Crippen molar-refractivity contribution in [1.82, 2.24) is 5.32 Å². The number of phenolic OH excluding ortho intramolecular Hbond substituents is 1. The van der Waals surface area contributed by atoms with Gasteiger partial charge < -0.3 is 10.4 Å². The number of benzene rings is 1. The molecule has 2 N–H and O–H groups in total. The van der Waals surface area contributed by atoms with E-state index < -0.39 is 11.6 Å². The summed E-state index contributed by atoms with van der Waals surface area (Å²) in [5.74, 6) is -0.543. The summed E-state index contributed by atoms with van der Waals surface area (Å²) in [5.41, 5.74) is 0.851. The van der Waals surface area contributed by atoms with E-state index in [-0.39, 0.29) is 5.02 Å². The third kappa shape index (κ3) is 2.41. The van der Waals surface area contributed by atoms with E-state index in [1.807, 2.05) is 0 Å². The van der Waals surface area contributed by atoms with Crippen molar-refractivity contribution in [2.45, 2.75) is 12.8 Å². The molecule has 2 rings (SSSR count). The summed E-state index contributed by atoms with van der Waals surface area (Å²) < 4.78 is 13.2. The molecule has 0 radical (unpaired) electrons. The molecule has 15 heavy (non-hydrogen) atoms. The van der Waals surface area contributed by atoms with Crippen LogP contribution in [0.4, 0.5) is 4.39 Å². The summed E-state index contributed by atoms with van der Waals surface area (Å²) in [4.78, 5) is 0. The van der Waals surface area contributed by atoms with Crippen LogP contribution < -0.4 is 5.32 Å². The predicted octanol–water partition coefficient (Wildman–Crippen LogP) is 2.34. The Bertz CT molecular complexity index is 341. The van der Waals surface area contributed by atoms with Crippen molar-refractivity contribution in [3.63, 3.8) is 0 Å². The van der Waals surface area contributed by atoms with Crippen molar-refractivity contribution >= 4 is 11.6 Å². The lowest BCUT2D eigenvalue weighted by molar-refractivity contribution is 0.431. The van der Waals surface area contributed by atoms with Gasteiger partial charge in [-0.05, 0) is 49.5 Å². The fourth-order valence-corrected chi connectivity index (χ4v) is 2.19. The van der Waals surface area contributed by atoms with E-state index in [2.05, 4.69) is 5.32 Å². The minimum atomic E-state index is -0.636. The second kappa shape index (κ2) is 4.37. The summed E-state index contributed by atoms with van der Waals surface area (Å²) in [7, 11) is 0. The molecule has 1 heterocycles. The fourth-order valence-electron chi connectivity index (χ4n) is 1.96.